The van der Waals surface area contributed by atoms with Crippen molar-refractivity contribution in [2.75, 3.05) is 0 Å². The third-order valence-corrected chi connectivity index (χ3v) is 9.82. The zero-order valence-corrected chi connectivity index (χ0v) is 21.3. The topological polar surface area (TPSA) is 13.1 Å². The molecule has 9 aromatic rings. The van der Waals surface area contributed by atoms with E-state index in [0.29, 0.717) is 0 Å². The highest BCUT2D eigenvalue weighted by Crippen LogP contribution is 2.46. The van der Waals surface area contributed by atoms with Crippen molar-refractivity contribution in [1.29, 1.82) is 0 Å². The van der Waals surface area contributed by atoms with E-state index in [0.717, 1.165) is 11.2 Å². The quantitative estimate of drug-likeness (QED) is 0.202. The van der Waals surface area contributed by atoms with Gasteiger partial charge in [-0.3, -0.25) is 0 Å². The standard InChI is InChI=1S/C34H18OS2/c1-4-10-29-20(7-1)24-14-13-23-26(28-18-36-30-11-5-2-9-22(28)30)15-19-16-32-27(17-25(19)33(23)34(24)35-29)21-8-3-6-12-31(21)37-32/h1-18H. The fourth-order valence-electron chi connectivity index (χ4n) is 6.05. The van der Waals surface area contributed by atoms with Gasteiger partial charge in [-0.25, -0.2) is 0 Å². The average Bonchev–Trinajstić information content (AvgIpc) is 3.64. The molecule has 0 fully saturated rings. The van der Waals surface area contributed by atoms with Crippen molar-refractivity contribution in [3.63, 3.8) is 0 Å². The molecule has 0 amide bonds. The maximum Gasteiger partial charge on any atom is 0.143 e. The Morgan fingerprint density at radius 3 is 2.16 bits per heavy atom. The summed E-state index contributed by atoms with van der Waals surface area (Å²) in [5.41, 5.74) is 4.47. The first kappa shape index (κ1) is 19.9. The van der Waals surface area contributed by atoms with Crippen LogP contribution in [0.4, 0.5) is 0 Å². The Kier molecular flexibility index (Phi) is 3.88. The van der Waals surface area contributed by atoms with Gasteiger partial charge >= 0.3 is 0 Å². The van der Waals surface area contributed by atoms with E-state index in [2.05, 4.69) is 109 Å². The highest BCUT2D eigenvalue weighted by atomic mass is 32.1. The minimum absolute atomic E-state index is 0.937. The zero-order chi connectivity index (χ0) is 24.1. The molecule has 0 aliphatic carbocycles. The zero-order valence-electron chi connectivity index (χ0n) is 19.6. The predicted octanol–water partition coefficient (Wildman–Crippen LogP) is 11.1. The second-order valence-electron chi connectivity index (χ2n) is 9.70. The molecule has 172 valence electrons. The minimum Gasteiger partial charge on any atom is -0.455 e. The lowest BCUT2D eigenvalue weighted by molar-refractivity contribution is 0.673. The summed E-state index contributed by atoms with van der Waals surface area (Å²) in [6.45, 7) is 0. The van der Waals surface area contributed by atoms with Gasteiger partial charge in [0.25, 0.3) is 0 Å². The molecule has 3 heteroatoms. The van der Waals surface area contributed by atoms with Crippen molar-refractivity contribution < 1.29 is 4.42 Å². The summed E-state index contributed by atoms with van der Waals surface area (Å²) in [5, 5.41) is 13.5. The van der Waals surface area contributed by atoms with Crippen LogP contribution in [0.2, 0.25) is 0 Å². The highest BCUT2D eigenvalue weighted by molar-refractivity contribution is 7.25. The number of benzene rings is 6. The van der Waals surface area contributed by atoms with Gasteiger partial charge in [-0.15, -0.1) is 22.7 Å². The fraction of sp³-hybridized carbons (Fsp3) is 0. The molecule has 0 bridgehead atoms. The molecule has 0 aliphatic heterocycles. The summed E-state index contributed by atoms with van der Waals surface area (Å²) in [6, 6.07) is 37.5. The largest absolute Gasteiger partial charge is 0.455 e. The van der Waals surface area contributed by atoms with Crippen LogP contribution in [0.5, 0.6) is 0 Å². The van der Waals surface area contributed by atoms with Crippen molar-refractivity contribution in [2.24, 2.45) is 0 Å². The summed E-state index contributed by atoms with van der Waals surface area (Å²) in [7, 11) is 0. The predicted molar refractivity (Wildman–Crippen MR) is 162 cm³/mol. The number of thiophene rings is 2. The summed E-state index contributed by atoms with van der Waals surface area (Å²) in [5.74, 6) is 0. The summed E-state index contributed by atoms with van der Waals surface area (Å²) < 4.78 is 10.6. The van der Waals surface area contributed by atoms with Crippen molar-refractivity contribution >= 4 is 96.4 Å². The molecular weight excluding hydrogens is 489 g/mol. The smallest absolute Gasteiger partial charge is 0.143 e. The molecule has 0 spiro atoms. The summed E-state index contributed by atoms with van der Waals surface area (Å²) in [4.78, 5) is 0. The maximum absolute atomic E-state index is 6.62. The number of furan rings is 1. The van der Waals surface area contributed by atoms with Crippen LogP contribution in [-0.4, -0.2) is 0 Å². The van der Waals surface area contributed by atoms with Gasteiger partial charge in [0.1, 0.15) is 11.2 Å². The van der Waals surface area contributed by atoms with E-state index in [1.165, 1.54) is 73.7 Å². The summed E-state index contributed by atoms with van der Waals surface area (Å²) >= 11 is 3.69. The molecule has 0 saturated heterocycles. The Morgan fingerprint density at radius 1 is 0.486 bits per heavy atom. The first-order valence-electron chi connectivity index (χ1n) is 12.4. The molecule has 0 radical (unpaired) electrons. The normalized spacial score (nSPS) is 12.3. The van der Waals surface area contributed by atoms with Crippen molar-refractivity contribution in [2.45, 2.75) is 0 Å². The molecular formula is C34H18OS2. The van der Waals surface area contributed by atoms with Gasteiger partial charge in [0, 0.05) is 52.0 Å². The highest BCUT2D eigenvalue weighted by Gasteiger charge is 2.19. The lowest BCUT2D eigenvalue weighted by Crippen LogP contribution is -1.85. The Labute approximate surface area is 219 Å². The van der Waals surface area contributed by atoms with Crippen LogP contribution in [0.15, 0.2) is 113 Å². The second kappa shape index (κ2) is 7.19. The van der Waals surface area contributed by atoms with Gasteiger partial charge in [0.15, 0.2) is 0 Å². The first-order chi connectivity index (χ1) is 18.3. The van der Waals surface area contributed by atoms with Gasteiger partial charge in [-0.1, -0.05) is 60.7 Å². The Morgan fingerprint density at radius 2 is 1.24 bits per heavy atom. The molecule has 0 N–H and O–H groups in total. The van der Waals surface area contributed by atoms with E-state index in [1.54, 1.807) is 0 Å². The molecule has 0 aliphatic rings. The number of rotatable bonds is 1. The lowest BCUT2D eigenvalue weighted by Gasteiger charge is -2.12. The third-order valence-electron chi connectivity index (χ3n) is 7.73. The second-order valence-corrected chi connectivity index (χ2v) is 11.7. The van der Waals surface area contributed by atoms with Crippen LogP contribution in [0.25, 0.3) is 84.9 Å². The Balaban J connectivity index is 1.53. The molecule has 0 atom stereocenters. The van der Waals surface area contributed by atoms with Crippen molar-refractivity contribution in [3.8, 4) is 11.1 Å². The first-order valence-corrected chi connectivity index (χ1v) is 14.1. The number of hydrogen-bond acceptors (Lipinski definition) is 3. The van der Waals surface area contributed by atoms with Crippen LogP contribution >= 0.6 is 22.7 Å². The molecule has 3 aromatic heterocycles. The van der Waals surface area contributed by atoms with E-state index >= 15 is 0 Å². The summed E-state index contributed by atoms with van der Waals surface area (Å²) in [6.07, 6.45) is 0. The van der Waals surface area contributed by atoms with Gasteiger partial charge in [0.05, 0.1) is 0 Å². The lowest BCUT2D eigenvalue weighted by atomic mass is 9.91. The van der Waals surface area contributed by atoms with E-state index in [1.807, 2.05) is 22.7 Å². The van der Waals surface area contributed by atoms with Gasteiger partial charge in [-0.05, 0) is 69.6 Å². The third kappa shape index (κ3) is 2.68. The molecule has 3 heterocycles. The van der Waals surface area contributed by atoms with Crippen LogP contribution < -0.4 is 0 Å². The van der Waals surface area contributed by atoms with Crippen LogP contribution in [0, 0.1) is 0 Å². The van der Waals surface area contributed by atoms with Gasteiger partial charge < -0.3 is 4.42 Å². The number of para-hydroxylation sites is 1. The van der Waals surface area contributed by atoms with Crippen LogP contribution in [-0.2, 0) is 0 Å². The maximum atomic E-state index is 6.62. The SMILES string of the molecule is c1ccc2c(c1)oc1c2ccc2c(-c3csc4ccccc34)cc3cc4sc5ccccc5c4cc3c21. The molecule has 6 aromatic carbocycles. The van der Waals surface area contributed by atoms with E-state index in [4.69, 9.17) is 4.42 Å². The Hall–Kier alpha value is -4.18. The molecule has 37 heavy (non-hydrogen) atoms. The van der Waals surface area contributed by atoms with Gasteiger partial charge in [-0.2, -0.15) is 0 Å². The number of hydrogen-bond donors (Lipinski definition) is 0. The van der Waals surface area contributed by atoms with E-state index in [-0.39, 0.29) is 0 Å². The number of fused-ring (bicyclic) bond motifs is 11. The molecule has 0 unspecified atom stereocenters. The minimum atomic E-state index is 0.937. The van der Waals surface area contributed by atoms with Crippen LogP contribution in [0.1, 0.15) is 0 Å². The molecule has 0 saturated carbocycles. The average molecular weight is 507 g/mol. The van der Waals surface area contributed by atoms with Gasteiger partial charge in [0.2, 0.25) is 0 Å². The molecule has 9 rings (SSSR count). The van der Waals surface area contributed by atoms with Crippen molar-refractivity contribution in [1.82, 2.24) is 0 Å². The fourth-order valence-corrected chi connectivity index (χ4v) is 8.14. The van der Waals surface area contributed by atoms with E-state index in [9.17, 15) is 0 Å². The molecule has 1 nitrogen and oxygen atoms in total. The van der Waals surface area contributed by atoms with E-state index < -0.39 is 0 Å². The van der Waals surface area contributed by atoms with Crippen LogP contribution in [0.3, 0.4) is 0 Å². The monoisotopic (exact) mass is 506 g/mol. The Bertz CT molecular complexity index is 2360. The van der Waals surface area contributed by atoms with Crippen molar-refractivity contribution in [3.05, 3.63) is 109 Å².